The van der Waals surface area contributed by atoms with Crippen molar-refractivity contribution >= 4 is 23.7 Å². The average molecular weight is 515 g/mol. The maximum atomic E-state index is 13.9. The van der Waals surface area contributed by atoms with Gasteiger partial charge in [-0.25, -0.2) is 14.4 Å². The highest BCUT2D eigenvalue weighted by molar-refractivity contribution is 6.38. The Morgan fingerprint density at radius 2 is 1.76 bits per heavy atom. The Kier molecular flexibility index (Phi) is 7.03. The average Bonchev–Trinajstić information content (AvgIpc) is 3.53. The van der Waals surface area contributed by atoms with Crippen LogP contribution in [-0.4, -0.2) is 51.3 Å². The summed E-state index contributed by atoms with van der Waals surface area (Å²) in [5, 5.41) is 0. The third kappa shape index (κ3) is 4.14. The number of carbonyl (C=O) groups is 4. The number of rotatable bonds is 5. The molecule has 198 valence electrons. The van der Waals surface area contributed by atoms with Gasteiger partial charge in [0.05, 0.1) is 14.2 Å². The molecule has 37 heavy (non-hydrogen) atoms. The lowest BCUT2D eigenvalue weighted by Gasteiger charge is -2.39. The van der Waals surface area contributed by atoms with E-state index in [1.165, 1.54) is 13.2 Å². The number of carbonyl (C=O) groups excluding carboxylic acids is 4. The molecule has 0 fully saturated rings. The van der Waals surface area contributed by atoms with E-state index in [2.05, 4.69) is 0 Å². The van der Waals surface area contributed by atoms with Crippen LogP contribution in [0.4, 0.5) is 0 Å². The molecule has 1 aliphatic carbocycles. The first-order valence-corrected chi connectivity index (χ1v) is 12.0. The lowest BCUT2D eigenvalue weighted by Crippen LogP contribution is -2.47. The quantitative estimate of drug-likeness (QED) is 0.251. The van der Waals surface area contributed by atoms with E-state index < -0.39 is 35.2 Å². The zero-order valence-corrected chi connectivity index (χ0v) is 21.7. The molecular weight excluding hydrogens is 484 g/mol. The predicted octanol–water partition coefficient (Wildman–Crippen LogP) is 3.11. The second-order valence-corrected chi connectivity index (χ2v) is 9.45. The molecule has 0 spiro atoms. The van der Waals surface area contributed by atoms with Crippen molar-refractivity contribution in [3.05, 3.63) is 40.5 Å². The minimum absolute atomic E-state index is 0.0779. The number of hydrogen-bond acceptors (Lipinski definition) is 10. The van der Waals surface area contributed by atoms with Crippen molar-refractivity contribution in [3.63, 3.8) is 0 Å². The lowest BCUT2D eigenvalue weighted by molar-refractivity contribution is -0.154. The predicted molar refractivity (Wildman–Crippen MR) is 128 cm³/mol. The molecule has 0 unspecified atom stereocenters. The van der Waals surface area contributed by atoms with Gasteiger partial charge in [-0.05, 0) is 37.8 Å². The maximum absolute atomic E-state index is 13.9. The zero-order chi connectivity index (χ0) is 27.1. The van der Waals surface area contributed by atoms with Crippen molar-refractivity contribution in [3.8, 4) is 17.2 Å². The minimum Gasteiger partial charge on any atom is -0.487 e. The Bertz CT molecular complexity index is 1230. The van der Waals surface area contributed by atoms with Crippen LogP contribution in [0.25, 0.3) is 0 Å². The van der Waals surface area contributed by atoms with E-state index in [9.17, 15) is 19.2 Å². The molecule has 0 amide bonds. The van der Waals surface area contributed by atoms with Crippen LogP contribution in [0.5, 0.6) is 17.2 Å². The second kappa shape index (κ2) is 9.91. The third-order valence-corrected chi connectivity index (χ3v) is 7.52. The van der Waals surface area contributed by atoms with E-state index in [0.717, 1.165) is 7.11 Å². The SMILES string of the molecule is C/C=C(/C)C(=O)O[C@H]1c2cc3c(c4c2[C@@](C(=O)C(=O)OC)(CO4)/C(=C\C(=O)OC)C[C@@H](C)[C@H]1C)OCO3. The fraction of sp³-hybridized carbons (Fsp3) is 0.481. The van der Waals surface area contributed by atoms with Gasteiger partial charge in [-0.15, -0.1) is 0 Å². The Balaban J connectivity index is 2.08. The molecule has 0 saturated heterocycles. The van der Waals surface area contributed by atoms with Crippen LogP contribution in [0.15, 0.2) is 29.4 Å². The number of fused-ring (bicyclic) bond motifs is 2. The van der Waals surface area contributed by atoms with E-state index in [4.69, 9.17) is 28.4 Å². The summed E-state index contributed by atoms with van der Waals surface area (Å²) in [7, 11) is 2.33. The van der Waals surface area contributed by atoms with Gasteiger partial charge in [-0.1, -0.05) is 19.9 Å². The first kappa shape index (κ1) is 26.2. The molecule has 10 nitrogen and oxygen atoms in total. The van der Waals surface area contributed by atoms with Crippen molar-refractivity contribution in [1.29, 1.82) is 0 Å². The summed E-state index contributed by atoms with van der Waals surface area (Å²) in [6.45, 7) is 6.86. The lowest BCUT2D eigenvalue weighted by atomic mass is 9.63. The third-order valence-electron chi connectivity index (χ3n) is 7.52. The molecule has 1 aromatic rings. The molecule has 0 bridgehead atoms. The number of ether oxygens (including phenoxy) is 6. The second-order valence-electron chi connectivity index (χ2n) is 9.45. The van der Waals surface area contributed by atoms with E-state index in [0.29, 0.717) is 22.5 Å². The Morgan fingerprint density at radius 1 is 1.03 bits per heavy atom. The first-order valence-electron chi connectivity index (χ1n) is 12.0. The summed E-state index contributed by atoms with van der Waals surface area (Å²) in [5.74, 6) is -2.87. The molecule has 0 radical (unpaired) electrons. The van der Waals surface area contributed by atoms with Crippen molar-refractivity contribution < 1.29 is 47.6 Å². The van der Waals surface area contributed by atoms with Gasteiger partial charge in [0.15, 0.2) is 11.5 Å². The van der Waals surface area contributed by atoms with Crippen LogP contribution in [-0.2, 0) is 38.8 Å². The number of ketones is 1. The number of hydrogen-bond donors (Lipinski definition) is 0. The van der Waals surface area contributed by atoms with Crippen molar-refractivity contribution in [2.75, 3.05) is 27.6 Å². The van der Waals surface area contributed by atoms with Crippen LogP contribution in [0, 0.1) is 11.8 Å². The largest absolute Gasteiger partial charge is 0.487 e. The fourth-order valence-electron chi connectivity index (χ4n) is 5.10. The van der Waals surface area contributed by atoms with Crippen molar-refractivity contribution in [2.24, 2.45) is 11.8 Å². The summed E-state index contributed by atoms with van der Waals surface area (Å²) in [6, 6.07) is 1.66. The molecular formula is C27H30O10. The number of allylic oxidation sites excluding steroid dienone is 1. The smallest absolute Gasteiger partial charge is 0.375 e. The number of esters is 3. The molecule has 2 heterocycles. The maximum Gasteiger partial charge on any atom is 0.375 e. The molecule has 10 heteroatoms. The summed E-state index contributed by atoms with van der Waals surface area (Å²) in [6.07, 6.45) is 2.26. The fourth-order valence-corrected chi connectivity index (χ4v) is 5.10. The van der Waals surface area contributed by atoms with Crippen LogP contribution in [0.2, 0.25) is 0 Å². The van der Waals surface area contributed by atoms with Gasteiger partial charge in [-0.3, -0.25) is 4.79 Å². The van der Waals surface area contributed by atoms with Gasteiger partial charge in [0.25, 0.3) is 5.78 Å². The Labute approximate surface area is 214 Å². The molecule has 3 aliphatic rings. The van der Waals surface area contributed by atoms with E-state index in [-0.39, 0.29) is 48.7 Å². The summed E-state index contributed by atoms with van der Waals surface area (Å²) in [5.41, 5.74) is -0.263. The van der Waals surface area contributed by atoms with Gasteiger partial charge in [-0.2, -0.15) is 0 Å². The number of Topliss-reactive ketones (excluding diaryl/α,β-unsaturated/α-hetero) is 1. The summed E-state index contributed by atoms with van der Waals surface area (Å²) >= 11 is 0. The first-order chi connectivity index (χ1) is 17.6. The topological polar surface area (TPSA) is 124 Å². The molecule has 2 aliphatic heterocycles. The van der Waals surface area contributed by atoms with Gasteiger partial charge < -0.3 is 28.4 Å². The molecule has 4 atom stereocenters. The van der Waals surface area contributed by atoms with Gasteiger partial charge in [0.1, 0.15) is 18.1 Å². The highest BCUT2D eigenvalue weighted by Crippen LogP contribution is 2.59. The van der Waals surface area contributed by atoms with Crippen LogP contribution in [0.3, 0.4) is 0 Å². The van der Waals surface area contributed by atoms with Crippen LogP contribution >= 0.6 is 0 Å². The van der Waals surface area contributed by atoms with Crippen molar-refractivity contribution in [2.45, 2.75) is 45.6 Å². The Hall–Kier alpha value is -3.82. The zero-order valence-electron chi connectivity index (χ0n) is 21.7. The molecule has 0 saturated carbocycles. The van der Waals surface area contributed by atoms with E-state index in [1.807, 2.05) is 13.8 Å². The monoisotopic (exact) mass is 514 g/mol. The highest BCUT2D eigenvalue weighted by Gasteiger charge is 2.58. The van der Waals surface area contributed by atoms with Gasteiger partial charge in [0, 0.05) is 28.7 Å². The molecule has 4 rings (SSSR count). The molecule has 1 aromatic carbocycles. The number of methoxy groups -OCH3 is 2. The number of benzene rings is 1. The van der Waals surface area contributed by atoms with Gasteiger partial charge >= 0.3 is 17.9 Å². The molecule has 0 aromatic heterocycles. The normalized spacial score (nSPS) is 26.9. The Morgan fingerprint density at radius 3 is 2.41 bits per heavy atom. The van der Waals surface area contributed by atoms with Crippen LogP contribution in [0.1, 0.15) is 51.3 Å². The van der Waals surface area contributed by atoms with Gasteiger partial charge in [0.2, 0.25) is 12.5 Å². The summed E-state index contributed by atoms with van der Waals surface area (Å²) < 4.78 is 33.1. The summed E-state index contributed by atoms with van der Waals surface area (Å²) in [4.78, 5) is 52.0. The van der Waals surface area contributed by atoms with Crippen molar-refractivity contribution in [1.82, 2.24) is 0 Å². The standard InChI is InChI=1S/C27H30O10/c1-7-13(2)25(30)37-21-15(4)14(3)8-16(9-19(28)32-5)27(24(29)26(31)33-6)11-34-23-20(27)17(21)10-18-22(23)36-12-35-18/h7,9-10,14-15,21H,8,11-12H2,1-6H3/b13-7-,16-9-/t14-,15-,21-,27-/m1/s1. The minimum atomic E-state index is -1.73. The van der Waals surface area contributed by atoms with Crippen LogP contribution < -0.4 is 14.2 Å². The molecule has 0 N–H and O–H groups in total. The highest BCUT2D eigenvalue weighted by atomic mass is 16.7. The van der Waals surface area contributed by atoms with E-state index in [1.54, 1.807) is 26.0 Å². The van der Waals surface area contributed by atoms with E-state index >= 15 is 0 Å².